The van der Waals surface area contributed by atoms with E-state index in [1.54, 1.807) is 7.05 Å². The van der Waals surface area contributed by atoms with Gasteiger partial charge in [-0.3, -0.25) is 9.89 Å². The number of ether oxygens (including phenoxy) is 1. The summed E-state index contributed by atoms with van der Waals surface area (Å²) >= 11 is 0. The van der Waals surface area contributed by atoms with E-state index in [0.717, 1.165) is 45.1 Å². The zero-order valence-electron chi connectivity index (χ0n) is 12.9. The monoisotopic (exact) mass is 396 g/mol. The number of halogens is 1. The fraction of sp³-hybridized carbons (Fsp3) is 0.786. The Hall–Kier alpha value is -0.340. The van der Waals surface area contributed by atoms with E-state index >= 15 is 0 Å². The second kappa shape index (κ2) is 11.3. The van der Waals surface area contributed by atoms with Crippen LogP contribution < -0.4 is 10.6 Å². The molecule has 1 fully saturated rings. The zero-order valence-corrected chi connectivity index (χ0v) is 15.2. The molecule has 0 aromatic rings. The molecule has 118 valence electrons. The maximum atomic E-state index is 5.73. The van der Waals surface area contributed by atoms with E-state index in [2.05, 4.69) is 41.0 Å². The van der Waals surface area contributed by atoms with Crippen LogP contribution in [-0.4, -0.2) is 62.8 Å². The number of aliphatic imine (C=N–C) groups is 1. The van der Waals surface area contributed by atoms with Crippen molar-refractivity contribution in [2.75, 3.05) is 39.8 Å². The summed E-state index contributed by atoms with van der Waals surface area (Å²) in [6.45, 7) is 12.8. The summed E-state index contributed by atoms with van der Waals surface area (Å²) in [5.41, 5.74) is 0. The minimum absolute atomic E-state index is 0. The molecule has 0 aromatic carbocycles. The fourth-order valence-electron chi connectivity index (χ4n) is 2.37. The van der Waals surface area contributed by atoms with Crippen LogP contribution >= 0.6 is 24.0 Å². The highest BCUT2D eigenvalue weighted by Crippen LogP contribution is 2.10. The molecule has 5 nitrogen and oxygen atoms in total. The summed E-state index contributed by atoms with van der Waals surface area (Å²) < 4.78 is 5.73. The van der Waals surface area contributed by atoms with Crippen molar-refractivity contribution in [3.8, 4) is 0 Å². The lowest BCUT2D eigenvalue weighted by molar-refractivity contribution is -0.0679. The molecule has 0 amide bonds. The van der Waals surface area contributed by atoms with E-state index in [1.807, 2.05) is 6.08 Å². The minimum Gasteiger partial charge on any atom is -0.373 e. The van der Waals surface area contributed by atoms with Crippen LogP contribution in [0.25, 0.3) is 0 Å². The molecule has 0 radical (unpaired) electrons. The Kier molecular flexibility index (Phi) is 11.1. The molecule has 0 aliphatic carbocycles. The van der Waals surface area contributed by atoms with Gasteiger partial charge in [-0.1, -0.05) is 6.08 Å². The van der Waals surface area contributed by atoms with E-state index < -0.39 is 0 Å². The molecule has 20 heavy (non-hydrogen) atoms. The predicted molar refractivity (Wildman–Crippen MR) is 96.0 cm³/mol. The van der Waals surface area contributed by atoms with Crippen molar-refractivity contribution in [2.45, 2.75) is 32.5 Å². The van der Waals surface area contributed by atoms with Gasteiger partial charge in [0.25, 0.3) is 0 Å². The average molecular weight is 396 g/mol. The molecular weight excluding hydrogens is 367 g/mol. The van der Waals surface area contributed by atoms with Gasteiger partial charge in [-0.25, -0.2) is 0 Å². The smallest absolute Gasteiger partial charge is 0.191 e. The highest BCUT2D eigenvalue weighted by Gasteiger charge is 2.21. The Morgan fingerprint density at radius 3 is 2.55 bits per heavy atom. The number of hydrogen-bond donors (Lipinski definition) is 2. The molecule has 0 spiro atoms. The number of rotatable bonds is 6. The maximum absolute atomic E-state index is 5.73. The third-order valence-electron chi connectivity index (χ3n) is 3.08. The number of nitrogens with zero attached hydrogens (tertiary/aromatic N) is 2. The molecule has 2 atom stereocenters. The highest BCUT2D eigenvalue weighted by atomic mass is 127. The van der Waals surface area contributed by atoms with Gasteiger partial charge in [0.15, 0.2) is 5.96 Å². The summed E-state index contributed by atoms with van der Waals surface area (Å²) in [6, 6.07) is 0. The molecule has 0 bridgehead atoms. The lowest BCUT2D eigenvalue weighted by atomic mass is 10.2. The summed E-state index contributed by atoms with van der Waals surface area (Å²) in [5.74, 6) is 0.837. The molecule has 0 aromatic heterocycles. The summed E-state index contributed by atoms with van der Waals surface area (Å²) in [7, 11) is 1.78. The van der Waals surface area contributed by atoms with Crippen molar-refractivity contribution in [3.63, 3.8) is 0 Å². The van der Waals surface area contributed by atoms with Gasteiger partial charge in [0.1, 0.15) is 0 Å². The quantitative estimate of drug-likeness (QED) is 0.235. The van der Waals surface area contributed by atoms with Crippen molar-refractivity contribution in [2.24, 2.45) is 4.99 Å². The second-order valence-electron chi connectivity index (χ2n) is 5.04. The van der Waals surface area contributed by atoms with Gasteiger partial charge in [0, 0.05) is 39.8 Å². The average Bonchev–Trinajstić information content (AvgIpc) is 2.37. The van der Waals surface area contributed by atoms with E-state index in [-0.39, 0.29) is 24.0 Å². The molecule has 1 aliphatic heterocycles. The molecule has 2 N–H and O–H groups in total. The molecule has 2 unspecified atom stereocenters. The highest BCUT2D eigenvalue weighted by molar-refractivity contribution is 14.0. The van der Waals surface area contributed by atoms with E-state index in [9.17, 15) is 0 Å². The Balaban J connectivity index is 0.00000361. The Morgan fingerprint density at radius 1 is 1.35 bits per heavy atom. The molecule has 1 rings (SSSR count). The van der Waals surface area contributed by atoms with Crippen LogP contribution in [0.3, 0.4) is 0 Å². The van der Waals surface area contributed by atoms with Crippen molar-refractivity contribution < 1.29 is 4.74 Å². The normalized spacial score (nSPS) is 23.9. The van der Waals surface area contributed by atoms with Crippen LogP contribution in [0.5, 0.6) is 0 Å². The van der Waals surface area contributed by atoms with Gasteiger partial charge in [0.05, 0.1) is 12.2 Å². The maximum Gasteiger partial charge on any atom is 0.191 e. The van der Waals surface area contributed by atoms with Gasteiger partial charge in [-0.2, -0.15) is 0 Å². The molecule has 1 heterocycles. The topological polar surface area (TPSA) is 48.9 Å². The summed E-state index contributed by atoms with van der Waals surface area (Å²) in [6.07, 6.45) is 3.62. The predicted octanol–water partition coefficient (Wildman–Crippen LogP) is 1.45. The number of guanidine groups is 1. The SMILES string of the molecule is C=CCNC(=NC)NCCCN1CC(C)OC(C)C1.I. The number of nitrogens with one attached hydrogen (secondary N) is 2. The number of morpholine rings is 1. The first kappa shape index (κ1) is 19.7. The van der Waals surface area contributed by atoms with Crippen LogP contribution in [0.4, 0.5) is 0 Å². The van der Waals surface area contributed by atoms with Crippen LogP contribution in [0.15, 0.2) is 17.6 Å². The first-order valence-corrected chi connectivity index (χ1v) is 7.09. The van der Waals surface area contributed by atoms with Crippen molar-refractivity contribution in [3.05, 3.63) is 12.7 Å². The zero-order chi connectivity index (χ0) is 14.1. The van der Waals surface area contributed by atoms with Crippen LogP contribution in [0, 0.1) is 0 Å². The van der Waals surface area contributed by atoms with Gasteiger partial charge in [-0.05, 0) is 20.3 Å². The minimum atomic E-state index is 0. The standard InChI is InChI=1S/C14H28N4O.HI/c1-5-7-16-14(15-4)17-8-6-9-18-10-12(2)19-13(3)11-18;/h5,12-13H,1,6-11H2,2-4H3,(H2,15,16,17);1H. The van der Waals surface area contributed by atoms with Crippen molar-refractivity contribution in [1.82, 2.24) is 15.5 Å². The van der Waals surface area contributed by atoms with E-state index in [0.29, 0.717) is 12.2 Å². The van der Waals surface area contributed by atoms with Gasteiger partial charge >= 0.3 is 0 Å². The third kappa shape index (κ3) is 8.06. The van der Waals surface area contributed by atoms with Crippen molar-refractivity contribution >= 4 is 29.9 Å². The van der Waals surface area contributed by atoms with E-state index in [1.165, 1.54) is 0 Å². The van der Waals surface area contributed by atoms with Crippen LogP contribution in [0.1, 0.15) is 20.3 Å². The summed E-state index contributed by atoms with van der Waals surface area (Å²) in [5, 5.41) is 6.46. The van der Waals surface area contributed by atoms with Gasteiger partial charge in [-0.15, -0.1) is 30.6 Å². The lowest BCUT2D eigenvalue weighted by Gasteiger charge is -2.35. The Bertz CT molecular complexity index is 289. The van der Waals surface area contributed by atoms with E-state index in [4.69, 9.17) is 4.74 Å². The molecule has 1 saturated heterocycles. The molecule has 1 aliphatic rings. The largest absolute Gasteiger partial charge is 0.373 e. The Morgan fingerprint density at radius 2 is 2.00 bits per heavy atom. The Labute approximate surface area is 140 Å². The lowest BCUT2D eigenvalue weighted by Crippen LogP contribution is -2.46. The van der Waals surface area contributed by atoms with Gasteiger partial charge in [0.2, 0.25) is 0 Å². The molecule has 6 heteroatoms. The first-order chi connectivity index (χ1) is 9.15. The summed E-state index contributed by atoms with van der Waals surface area (Å²) in [4.78, 5) is 6.62. The second-order valence-corrected chi connectivity index (χ2v) is 5.04. The molecule has 0 saturated carbocycles. The number of hydrogen-bond acceptors (Lipinski definition) is 3. The first-order valence-electron chi connectivity index (χ1n) is 7.09. The molecular formula is C14H29IN4O. The van der Waals surface area contributed by atoms with Gasteiger partial charge < -0.3 is 15.4 Å². The third-order valence-corrected chi connectivity index (χ3v) is 3.08. The van der Waals surface area contributed by atoms with Crippen LogP contribution in [-0.2, 0) is 4.74 Å². The van der Waals surface area contributed by atoms with Crippen LogP contribution in [0.2, 0.25) is 0 Å². The van der Waals surface area contributed by atoms with Crippen molar-refractivity contribution in [1.29, 1.82) is 0 Å². The fourth-order valence-corrected chi connectivity index (χ4v) is 2.37.